The van der Waals surface area contributed by atoms with Gasteiger partial charge in [-0.25, -0.2) is 9.37 Å². The van der Waals surface area contributed by atoms with Gasteiger partial charge in [-0.05, 0) is 24.1 Å². The first-order valence-corrected chi connectivity index (χ1v) is 7.40. The molecule has 19 heavy (non-hydrogen) atoms. The highest BCUT2D eigenvalue weighted by Crippen LogP contribution is 2.37. The summed E-state index contributed by atoms with van der Waals surface area (Å²) in [6.45, 7) is 8.01. The van der Waals surface area contributed by atoms with Crippen LogP contribution in [0.5, 0.6) is 0 Å². The fourth-order valence-electron chi connectivity index (χ4n) is 1.61. The smallest absolute Gasteiger partial charge is 0.180 e. The number of benzene rings is 1. The Morgan fingerprint density at radius 1 is 1.32 bits per heavy atom. The molecule has 0 saturated heterocycles. The molecule has 0 fully saturated rings. The lowest BCUT2D eigenvalue weighted by Gasteiger charge is -2.06. The molecule has 0 unspecified atom stereocenters. The Balaban J connectivity index is 0.000000861. The van der Waals surface area contributed by atoms with Crippen molar-refractivity contribution in [2.75, 3.05) is 5.73 Å². The fraction of sp³-hybridized carbons (Fsp3) is 0.357. The Labute approximate surface area is 122 Å². The van der Waals surface area contributed by atoms with Crippen LogP contribution in [0.25, 0.3) is 10.4 Å². The van der Waals surface area contributed by atoms with E-state index < -0.39 is 0 Å². The quantitative estimate of drug-likeness (QED) is 0.813. The lowest BCUT2D eigenvalue weighted by Crippen LogP contribution is -1.93. The second-order valence-corrected chi connectivity index (χ2v) is 5.51. The van der Waals surface area contributed by atoms with E-state index in [1.54, 1.807) is 12.1 Å². The zero-order valence-electron chi connectivity index (χ0n) is 11.5. The summed E-state index contributed by atoms with van der Waals surface area (Å²) in [6.07, 6.45) is 0. The maximum absolute atomic E-state index is 13.8. The largest absolute Gasteiger partial charge is 0.375 e. The van der Waals surface area contributed by atoms with Gasteiger partial charge in [0.2, 0.25) is 0 Å². The van der Waals surface area contributed by atoms with Gasteiger partial charge in [-0.2, -0.15) is 0 Å². The summed E-state index contributed by atoms with van der Waals surface area (Å²) < 4.78 is 13.8. The van der Waals surface area contributed by atoms with E-state index in [1.807, 2.05) is 27.7 Å². The van der Waals surface area contributed by atoms with E-state index in [4.69, 9.17) is 17.3 Å². The Bertz CT molecular complexity index is 552. The Morgan fingerprint density at radius 2 is 1.95 bits per heavy atom. The topological polar surface area (TPSA) is 38.9 Å². The van der Waals surface area contributed by atoms with Gasteiger partial charge in [0, 0.05) is 10.6 Å². The minimum absolute atomic E-state index is 0.202. The molecule has 0 aliphatic heterocycles. The van der Waals surface area contributed by atoms with Gasteiger partial charge in [0.1, 0.15) is 5.82 Å². The normalized spacial score (nSPS) is 10.3. The summed E-state index contributed by atoms with van der Waals surface area (Å²) in [4.78, 5) is 5.03. The van der Waals surface area contributed by atoms with E-state index in [1.165, 1.54) is 17.4 Å². The van der Waals surface area contributed by atoms with Crippen LogP contribution in [0.2, 0.25) is 5.02 Å². The van der Waals surface area contributed by atoms with Crippen molar-refractivity contribution in [1.29, 1.82) is 0 Å². The third-order valence-corrected chi connectivity index (χ3v) is 3.56. The third kappa shape index (κ3) is 3.67. The number of anilines is 1. The van der Waals surface area contributed by atoms with Crippen molar-refractivity contribution < 1.29 is 4.39 Å². The highest BCUT2D eigenvalue weighted by atomic mass is 35.5. The van der Waals surface area contributed by atoms with Crippen molar-refractivity contribution in [3.63, 3.8) is 0 Å². The van der Waals surface area contributed by atoms with Crippen LogP contribution in [-0.4, -0.2) is 4.98 Å². The number of nitrogens with two attached hydrogens (primary N) is 1. The van der Waals surface area contributed by atoms with E-state index in [-0.39, 0.29) is 11.7 Å². The molecule has 1 heterocycles. The van der Waals surface area contributed by atoms with Crippen molar-refractivity contribution in [2.24, 2.45) is 0 Å². The van der Waals surface area contributed by atoms with E-state index in [0.29, 0.717) is 15.7 Å². The summed E-state index contributed by atoms with van der Waals surface area (Å²) in [5.41, 5.74) is 7.03. The molecule has 1 aromatic carbocycles. The van der Waals surface area contributed by atoms with E-state index in [0.717, 1.165) is 10.6 Å². The number of nitrogen functional groups attached to an aromatic ring is 1. The van der Waals surface area contributed by atoms with Crippen LogP contribution < -0.4 is 5.73 Å². The fourth-order valence-corrected chi connectivity index (χ4v) is 2.78. The highest BCUT2D eigenvalue weighted by Gasteiger charge is 2.17. The predicted octanol–water partition coefficient (Wildman–Crippen LogP) is 5.33. The maximum Gasteiger partial charge on any atom is 0.180 e. The molecule has 0 amide bonds. The Hall–Kier alpha value is -1.13. The molecule has 0 bridgehead atoms. The summed E-state index contributed by atoms with van der Waals surface area (Å²) >= 11 is 7.03. The van der Waals surface area contributed by atoms with Crippen LogP contribution in [0.3, 0.4) is 0 Å². The molecule has 0 saturated carbocycles. The zero-order valence-corrected chi connectivity index (χ0v) is 13.1. The molecule has 2 aromatic rings. The molecule has 0 atom stereocenters. The summed E-state index contributed by atoms with van der Waals surface area (Å²) in [5, 5.41) is 0.841. The van der Waals surface area contributed by atoms with Crippen LogP contribution >= 0.6 is 22.9 Å². The van der Waals surface area contributed by atoms with Crippen molar-refractivity contribution in [3.05, 3.63) is 34.7 Å². The number of hydrogen-bond donors (Lipinski definition) is 1. The number of rotatable bonds is 2. The molecule has 104 valence electrons. The van der Waals surface area contributed by atoms with Crippen LogP contribution in [0.15, 0.2) is 18.2 Å². The zero-order chi connectivity index (χ0) is 14.6. The van der Waals surface area contributed by atoms with Gasteiger partial charge in [-0.15, -0.1) is 0 Å². The standard InChI is InChI=1S/C12H12ClFN2S.C2H6/c1-6(2)10-11(17-12(15)16-10)8-4-3-7(13)5-9(8)14;1-2/h3-6H,1-2H3,(H2,15,16);1-2H3. The van der Waals surface area contributed by atoms with E-state index >= 15 is 0 Å². The Morgan fingerprint density at radius 3 is 2.47 bits per heavy atom. The molecule has 0 aliphatic carbocycles. The molecule has 2 N–H and O–H groups in total. The molecule has 2 rings (SSSR count). The first-order valence-electron chi connectivity index (χ1n) is 6.20. The maximum atomic E-state index is 13.8. The second kappa shape index (κ2) is 6.87. The van der Waals surface area contributed by atoms with Crippen LogP contribution in [0.4, 0.5) is 9.52 Å². The first-order chi connectivity index (χ1) is 8.99. The van der Waals surface area contributed by atoms with Crippen LogP contribution in [-0.2, 0) is 0 Å². The second-order valence-electron chi connectivity index (χ2n) is 4.05. The number of halogens is 2. The first kappa shape index (κ1) is 15.9. The SMILES string of the molecule is CC.CC(C)c1nc(N)sc1-c1ccc(Cl)cc1F. The lowest BCUT2D eigenvalue weighted by molar-refractivity contribution is 0.631. The average molecular weight is 301 g/mol. The monoisotopic (exact) mass is 300 g/mol. The molecule has 0 aliphatic rings. The summed E-state index contributed by atoms with van der Waals surface area (Å²) in [6, 6.07) is 4.63. The average Bonchev–Trinajstić information content (AvgIpc) is 2.74. The minimum atomic E-state index is -0.344. The molecular formula is C14H18ClFN2S. The van der Waals surface area contributed by atoms with Gasteiger partial charge in [-0.3, -0.25) is 0 Å². The van der Waals surface area contributed by atoms with Crippen molar-refractivity contribution in [3.8, 4) is 10.4 Å². The van der Waals surface area contributed by atoms with Gasteiger partial charge >= 0.3 is 0 Å². The number of aromatic nitrogens is 1. The highest BCUT2D eigenvalue weighted by molar-refractivity contribution is 7.18. The van der Waals surface area contributed by atoms with Crippen molar-refractivity contribution >= 4 is 28.1 Å². The van der Waals surface area contributed by atoms with E-state index in [2.05, 4.69) is 4.98 Å². The Kier molecular flexibility index (Phi) is 5.76. The van der Waals surface area contributed by atoms with Crippen molar-refractivity contribution in [2.45, 2.75) is 33.6 Å². The van der Waals surface area contributed by atoms with Gasteiger partial charge in [-0.1, -0.05) is 50.6 Å². The van der Waals surface area contributed by atoms with Crippen molar-refractivity contribution in [1.82, 2.24) is 4.98 Å². The summed E-state index contributed by atoms with van der Waals surface area (Å²) in [5.74, 6) is -0.142. The molecule has 0 radical (unpaired) electrons. The number of hydrogen-bond acceptors (Lipinski definition) is 3. The van der Waals surface area contributed by atoms with Crippen LogP contribution in [0, 0.1) is 5.82 Å². The van der Waals surface area contributed by atoms with Crippen LogP contribution in [0.1, 0.15) is 39.3 Å². The van der Waals surface area contributed by atoms with Gasteiger partial charge in [0.25, 0.3) is 0 Å². The van der Waals surface area contributed by atoms with Gasteiger partial charge in [0.15, 0.2) is 5.13 Å². The van der Waals surface area contributed by atoms with Gasteiger partial charge in [0.05, 0.1) is 10.6 Å². The molecule has 2 nitrogen and oxygen atoms in total. The predicted molar refractivity (Wildman–Crippen MR) is 82.4 cm³/mol. The lowest BCUT2D eigenvalue weighted by atomic mass is 10.1. The molecule has 5 heteroatoms. The van der Waals surface area contributed by atoms with E-state index in [9.17, 15) is 4.39 Å². The molecule has 1 aromatic heterocycles. The number of thiazole rings is 1. The summed E-state index contributed by atoms with van der Waals surface area (Å²) in [7, 11) is 0. The van der Waals surface area contributed by atoms with Gasteiger partial charge < -0.3 is 5.73 Å². The molecular weight excluding hydrogens is 283 g/mol. The minimum Gasteiger partial charge on any atom is -0.375 e. The molecule has 0 spiro atoms. The third-order valence-electron chi connectivity index (χ3n) is 2.39. The number of nitrogens with zero attached hydrogens (tertiary/aromatic N) is 1.